The van der Waals surface area contributed by atoms with E-state index >= 15 is 0 Å². The van der Waals surface area contributed by atoms with Crippen molar-refractivity contribution in [3.8, 4) is 0 Å². The molecule has 0 unspecified atom stereocenters. The second-order valence-corrected chi connectivity index (χ2v) is 5.25. The number of hydrogen-bond acceptors (Lipinski definition) is 3. The van der Waals surface area contributed by atoms with Crippen LogP contribution in [0.25, 0.3) is 0 Å². The van der Waals surface area contributed by atoms with Crippen molar-refractivity contribution in [2.24, 2.45) is 0 Å². The van der Waals surface area contributed by atoms with Gasteiger partial charge >= 0.3 is 0 Å². The van der Waals surface area contributed by atoms with Crippen LogP contribution < -0.4 is 0 Å². The van der Waals surface area contributed by atoms with E-state index in [2.05, 4.69) is 11.8 Å². The highest BCUT2D eigenvalue weighted by atomic mass is 32.2. The average Bonchev–Trinajstić information content (AvgIpc) is 2.18. The topological polar surface area (TPSA) is 26.3 Å². The van der Waals surface area contributed by atoms with Crippen molar-refractivity contribution in [3.05, 3.63) is 0 Å². The molecule has 14 heavy (non-hydrogen) atoms. The molecule has 0 saturated carbocycles. The Morgan fingerprint density at radius 2 is 2.07 bits per heavy atom. The number of carbonyl (C=O) groups excluding carboxylic acids is 1. The van der Waals surface area contributed by atoms with E-state index in [0.717, 1.165) is 31.3 Å². The van der Waals surface area contributed by atoms with Crippen LogP contribution in [-0.4, -0.2) is 30.0 Å². The number of ketones is 1. The van der Waals surface area contributed by atoms with Gasteiger partial charge in [0.05, 0.1) is 0 Å². The van der Waals surface area contributed by atoms with Gasteiger partial charge in [-0.3, -0.25) is 0 Å². The SMILES string of the molecule is CC(=O)CCCCSC1CCOCC1. The van der Waals surface area contributed by atoms with E-state index in [9.17, 15) is 4.79 Å². The quantitative estimate of drug-likeness (QED) is 0.638. The Morgan fingerprint density at radius 1 is 1.36 bits per heavy atom. The number of hydrogen-bond donors (Lipinski definition) is 0. The lowest BCUT2D eigenvalue weighted by Gasteiger charge is -2.21. The third-order valence-electron chi connectivity index (χ3n) is 2.45. The van der Waals surface area contributed by atoms with Crippen LogP contribution >= 0.6 is 11.8 Å². The summed E-state index contributed by atoms with van der Waals surface area (Å²) in [6.07, 6.45) is 5.41. The van der Waals surface area contributed by atoms with Crippen molar-refractivity contribution < 1.29 is 9.53 Å². The Labute approximate surface area is 90.8 Å². The minimum absolute atomic E-state index is 0.320. The summed E-state index contributed by atoms with van der Waals surface area (Å²) >= 11 is 2.06. The Hall–Kier alpha value is -0.0200. The second-order valence-electron chi connectivity index (χ2n) is 3.84. The molecular formula is C11H20O2S. The predicted octanol–water partition coefficient (Wildman–Crippen LogP) is 2.66. The zero-order chi connectivity index (χ0) is 10.2. The Balaban J connectivity index is 1.90. The summed E-state index contributed by atoms with van der Waals surface area (Å²) in [7, 11) is 0. The highest BCUT2D eigenvalue weighted by Gasteiger charge is 2.13. The largest absolute Gasteiger partial charge is 0.381 e. The maximum atomic E-state index is 10.7. The average molecular weight is 216 g/mol. The lowest BCUT2D eigenvalue weighted by molar-refractivity contribution is -0.117. The molecule has 0 atom stereocenters. The van der Waals surface area contributed by atoms with Crippen molar-refractivity contribution in [2.75, 3.05) is 19.0 Å². The molecule has 0 spiro atoms. The van der Waals surface area contributed by atoms with Crippen LogP contribution in [0.5, 0.6) is 0 Å². The highest BCUT2D eigenvalue weighted by Crippen LogP contribution is 2.22. The molecule has 82 valence electrons. The third-order valence-corrected chi connectivity index (χ3v) is 3.91. The number of unbranched alkanes of at least 4 members (excludes halogenated alkanes) is 1. The van der Waals surface area contributed by atoms with Crippen LogP contribution in [0.3, 0.4) is 0 Å². The number of carbonyl (C=O) groups is 1. The number of Topliss-reactive ketones (excluding diaryl/α,β-unsaturated/α-hetero) is 1. The smallest absolute Gasteiger partial charge is 0.129 e. The van der Waals surface area contributed by atoms with Crippen LogP contribution in [0, 0.1) is 0 Å². The molecule has 0 radical (unpaired) electrons. The summed E-state index contributed by atoms with van der Waals surface area (Å²) in [5, 5.41) is 0.807. The molecule has 1 saturated heterocycles. The summed E-state index contributed by atoms with van der Waals surface area (Å²) < 4.78 is 5.30. The van der Waals surface area contributed by atoms with E-state index in [0.29, 0.717) is 5.78 Å². The lowest BCUT2D eigenvalue weighted by atomic mass is 10.2. The van der Waals surface area contributed by atoms with Crippen molar-refractivity contribution in [1.29, 1.82) is 0 Å². The Morgan fingerprint density at radius 3 is 2.71 bits per heavy atom. The van der Waals surface area contributed by atoms with E-state index < -0.39 is 0 Å². The summed E-state index contributed by atoms with van der Waals surface area (Å²) in [4.78, 5) is 10.7. The second kappa shape index (κ2) is 7.30. The van der Waals surface area contributed by atoms with Crippen LogP contribution in [0.2, 0.25) is 0 Å². The molecular weight excluding hydrogens is 196 g/mol. The van der Waals surface area contributed by atoms with Gasteiger partial charge in [-0.05, 0) is 38.4 Å². The molecule has 2 nitrogen and oxygen atoms in total. The predicted molar refractivity (Wildman–Crippen MR) is 60.8 cm³/mol. The molecule has 0 aliphatic carbocycles. The van der Waals surface area contributed by atoms with E-state index in [1.165, 1.54) is 25.0 Å². The first kappa shape index (κ1) is 12.1. The maximum Gasteiger partial charge on any atom is 0.129 e. The van der Waals surface area contributed by atoms with Gasteiger partial charge < -0.3 is 9.53 Å². The summed E-state index contributed by atoms with van der Waals surface area (Å²) in [6, 6.07) is 0. The normalized spacial score (nSPS) is 18.4. The fraction of sp³-hybridized carbons (Fsp3) is 0.909. The molecule has 0 N–H and O–H groups in total. The lowest BCUT2D eigenvalue weighted by Crippen LogP contribution is -2.17. The van der Waals surface area contributed by atoms with Gasteiger partial charge in [-0.2, -0.15) is 11.8 Å². The fourth-order valence-electron chi connectivity index (χ4n) is 1.57. The van der Waals surface area contributed by atoms with Crippen molar-refractivity contribution >= 4 is 17.5 Å². The minimum Gasteiger partial charge on any atom is -0.381 e. The molecule has 3 heteroatoms. The summed E-state index contributed by atoms with van der Waals surface area (Å²) in [5.41, 5.74) is 0. The molecule has 1 fully saturated rings. The Kier molecular flexibility index (Phi) is 6.28. The van der Waals surface area contributed by atoms with Crippen LogP contribution in [-0.2, 0) is 9.53 Å². The standard InChI is InChI=1S/C11H20O2S/c1-10(12)4-2-3-9-14-11-5-7-13-8-6-11/h11H,2-9H2,1H3. The maximum absolute atomic E-state index is 10.7. The summed E-state index contributed by atoms with van der Waals surface area (Å²) in [5.74, 6) is 1.53. The zero-order valence-corrected chi connectivity index (χ0v) is 9.78. The van der Waals surface area contributed by atoms with E-state index in [-0.39, 0.29) is 0 Å². The first-order chi connectivity index (χ1) is 6.79. The van der Waals surface area contributed by atoms with Crippen molar-refractivity contribution in [2.45, 2.75) is 44.3 Å². The van der Waals surface area contributed by atoms with Gasteiger partial charge in [0.15, 0.2) is 0 Å². The molecule has 1 heterocycles. The molecule has 1 aliphatic heterocycles. The number of ether oxygens (including phenoxy) is 1. The van der Waals surface area contributed by atoms with E-state index in [1.807, 2.05) is 0 Å². The van der Waals surface area contributed by atoms with Gasteiger partial charge in [0.25, 0.3) is 0 Å². The van der Waals surface area contributed by atoms with Gasteiger partial charge in [0.1, 0.15) is 5.78 Å². The van der Waals surface area contributed by atoms with Gasteiger partial charge in [0.2, 0.25) is 0 Å². The molecule has 0 aromatic heterocycles. The fourth-order valence-corrected chi connectivity index (χ4v) is 2.80. The minimum atomic E-state index is 0.320. The first-order valence-electron chi connectivity index (χ1n) is 5.48. The van der Waals surface area contributed by atoms with Gasteiger partial charge in [-0.1, -0.05) is 0 Å². The molecule has 1 rings (SSSR count). The number of thioether (sulfide) groups is 1. The number of rotatable bonds is 6. The molecule has 0 amide bonds. The van der Waals surface area contributed by atoms with Crippen LogP contribution in [0.4, 0.5) is 0 Å². The monoisotopic (exact) mass is 216 g/mol. The van der Waals surface area contributed by atoms with Crippen molar-refractivity contribution in [1.82, 2.24) is 0 Å². The van der Waals surface area contributed by atoms with Gasteiger partial charge in [0, 0.05) is 24.9 Å². The molecule has 0 aromatic carbocycles. The molecule has 0 bridgehead atoms. The van der Waals surface area contributed by atoms with Crippen molar-refractivity contribution in [3.63, 3.8) is 0 Å². The Bertz CT molecular complexity index is 165. The van der Waals surface area contributed by atoms with E-state index in [1.54, 1.807) is 6.92 Å². The highest BCUT2D eigenvalue weighted by molar-refractivity contribution is 7.99. The zero-order valence-electron chi connectivity index (χ0n) is 8.96. The summed E-state index contributed by atoms with van der Waals surface area (Å²) in [6.45, 7) is 3.54. The first-order valence-corrected chi connectivity index (χ1v) is 6.52. The van der Waals surface area contributed by atoms with Crippen LogP contribution in [0.15, 0.2) is 0 Å². The van der Waals surface area contributed by atoms with Gasteiger partial charge in [-0.15, -0.1) is 0 Å². The van der Waals surface area contributed by atoms with Gasteiger partial charge in [-0.25, -0.2) is 0 Å². The van der Waals surface area contributed by atoms with Crippen LogP contribution in [0.1, 0.15) is 39.0 Å². The third kappa shape index (κ3) is 5.66. The van der Waals surface area contributed by atoms with E-state index in [4.69, 9.17) is 4.74 Å². The molecule has 1 aliphatic rings. The molecule has 0 aromatic rings.